The highest BCUT2D eigenvalue weighted by molar-refractivity contribution is 6.01. The first-order valence-electron chi connectivity index (χ1n) is 7.51. The topological polar surface area (TPSA) is 81.7 Å². The summed E-state index contributed by atoms with van der Waals surface area (Å²) in [6, 6.07) is 7.96. The van der Waals surface area contributed by atoms with Gasteiger partial charge in [-0.1, -0.05) is 37.3 Å². The van der Waals surface area contributed by atoms with E-state index in [0.717, 1.165) is 0 Å². The maximum atomic E-state index is 12.6. The highest BCUT2D eigenvalue weighted by Crippen LogP contribution is 2.40. The van der Waals surface area contributed by atoms with Gasteiger partial charge in [-0.25, -0.2) is 0 Å². The number of nitrogens with one attached hydrogen (secondary N) is 1. The van der Waals surface area contributed by atoms with Crippen molar-refractivity contribution < 1.29 is 23.9 Å². The fourth-order valence-electron chi connectivity index (χ4n) is 2.59. The zero-order chi connectivity index (χ0) is 17.5. The smallest absolute Gasteiger partial charge is 0.325 e. The zero-order valence-electron chi connectivity index (χ0n) is 13.9. The molecule has 2 atom stereocenters. The van der Waals surface area contributed by atoms with Crippen LogP contribution < -0.4 is 5.32 Å². The highest BCUT2D eigenvalue weighted by atomic mass is 16.6. The summed E-state index contributed by atoms with van der Waals surface area (Å²) in [6.07, 6.45) is 0.123. The van der Waals surface area contributed by atoms with Crippen molar-refractivity contribution in [2.45, 2.75) is 33.2 Å². The minimum Gasteiger partial charge on any atom is -0.468 e. The van der Waals surface area contributed by atoms with Crippen molar-refractivity contribution in [2.75, 3.05) is 13.7 Å². The number of carbonyl (C=O) groups is 3. The number of carbonyl (C=O) groups excluding carboxylic acids is 3. The molecule has 126 valence electrons. The van der Waals surface area contributed by atoms with Crippen molar-refractivity contribution in [3.63, 3.8) is 0 Å². The van der Waals surface area contributed by atoms with Gasteiger partial charge >= 0.3 is 11.9 Å². The minimum atomic E-state index is -1.64. The summed E-state index contributed by atoms with van der Waals surface area (Å²) in [6.45, 7) is 4.80. The van der Waals surface area contributed by atoms with Crippen LogP contribution in [0.3, 0.4) is 0 Å². The highest BCUT2D eigenvalue weighted by Gasteiger charge is 2.54. The number of rotatable bonds is 7. The van der Waals surface area contributed by atoms with Crippen LogP contribution in [0.25, 0.3) is 0 Å². The Morgan fingerprint density at radius 3 is 2.17 bits per heavy atom. The van der Waals surface area contributed by atoms with Crippen LogP contribution in [-0.4, -0.2) is 31.6 Å². The van der Waals surface area contributed by atoms with Crippen molar-refractivity contribution in [3.05, 3.63) is 35.9 Å². The minimum absolute atomic E-state index is 0.123. The summed E-state index contributed by atoms with van der Waals surface area (Å²) in [5.74, 6) is -1.80. The first-order chi connectivity index (χ1) is 10.9. The Balaban J connectivity index is 3.51. The van der Waals surface area contributed by atoms with Crippen LogP contribution in [0.5, 0.6) is 0 Å². The molecule has 1 rings (SSSR count). The van der Waals surface area contributed by atoms with Crippen LogP contribution in [0.4, 0.5) is 0 Å². The lowest BCUT2D eigenvalue weighted by Gasteiger charge is -2.35. The van der Waals surface area contributed by atoms with Crippen molar-refractivity contribution in [1.82, 2.24) is 5.32 Å². The van der Waals surface area contributed by atoms with Crippen LogP contribution in [0, 0.1) is 5.41 Å². The van der Waals surface area contributed by atoms with E-state index in [1.165, 1.54) is 14.0 Å². The van der Waals surface area contributed by atoms with Crippen LogP contribution in [0.1, 0.15) is 38.8 Å². The van der Waals surface area contributed by atoms with E-state index in [2.05, 4.69) is 5.32 Å². The maximum absolute atomic E-state index is 12.6. The molecule has 6 nitrogen and oxygen atoms in total. The molecule has 0 aliphatic carbocycles. The van der Waals surface area contributed by atoms with Crippen LogP contribution in [-0.2, 0) is 23.9 Å². The maximum Gasteiger partial charge on any atom is 0.325 e. The summed E-state index contributed by atoms with van der Waals surface area (Å²) >= 11 is 0. The Bertz CT molecular complexity index is 557. The van der Waals surface area contributed by atoms with Crippen LogP contribution >= 0.6 is 0 Å². The van der Waals surface area contributed by atoms with Gasteiger partial charge in [0.1, 0.15) is 0 Å². The molecule has 2 unspecified atom stereocenters. The molecule has 1 aromatic rings. The van der Waals surface area contributed by atoms with Crippen LogP contribution in [0.15, 0.2) is 30.3 Å². The first-order valence-corrected chi connectivity index (χ1v) is 7.51. The van der Waals surface area contributed by atoms with E-state index in [4.69, 9.17) is 9.47 Å². The SMILES string of the molecule is CCOC(=O)C(CC)(C(=O)OC)C(NC(C)=O)c1ccccc1. The summed E-state index contributed by atoms with van der Waals surface area (Å²) in [5, 5.41) is 2.70. The van der Waals surface area contributed by atoms with Crippen molar-refractivity contribution in [1.29, 1.82) is 0 Å². The standard InChI is InChI=1S/C17H23NO5/c1-5-17(15(20)22-4,16(21)23-6-2)14(18-12(3)19)13-10-8-7-9-11-13/h7-11,14H,5-6H2,1-4H3,(H,18,19). The van der Waals surface area contributed by atoms with Gasteiger partial charge in [-0.05, 0) is 18.9 Å². The molecule has 0 heterocycles. The third-order valence-corrected chi connectivity index (χ3v) is 3.72. The summed E-state index contributed by atoms with van der Waals surface area (Å²) in [4.78, 5) is 36.8. The Morgan fingerprint density at radius 1 is 1.13 bits per heavy atom. The Kier molecular flexibility index (Phi) is 6.75. The summed E-state index contributed by atoms with van der Waals surface area (Å²) < 4.78 is 9.98. The predicted octanol–water partition coefficient (Wildman–Crippen LogP) is 2.00. The molecule has 0 spiro atoms. The Morgan fingerprint density at radius 2 is 1.74 bits per heavy atom. The second-order valence-corrected chi connectivity index (χ2v) is 5.08. The van der Waals surface area contributed by atoms with E-state index in [-0.39, 0.29) is 18.9 Å². The molecule has 0 aliphatic heterocycles. The van der Waals surface area contributed by atoms with Crippen molar-refractivity contribution in [3.8, 4) is 0 Å². The van der Waals surface area contributed by atoms with E-state index < -0.39 is 23.4 Å². The van der Waals surface area contributed by atoms with Gasteiger partial charge in [0.25, 0.3) is 0 Å². The van der Waals surface area contributed by atoms with Gasteiger partial charge in [-0.3, -0.25) is 14.4 Å². The van der Waals surface area contributed by atoms with Gasteiger partial charge < -0.3 is 14.8 Å². The van der Waals surface area contributed by atoms with Crippen molar-refractivity contribution in [2.24, 2.45) is 5.41 Å². The van der Waals surface area contributed by atoms with Crippen LogP contribution in [0.2, 0.25) is 0 Å². The Hall–Kier alpha value is -2.37. The lowest BCUT2D eigenvalue weighted by Crippen LogP contribution is -2.51. The van der Waals surface area contributed by atoms with Gasteiger partial charge in [0.2, 0.25) is 5.91 Å². The fraction of sp³-hybridized carbons (Fsp3) is 0.471. The Labute approximate surface area is 136 Å². The first kappa shape index (κ1) is 18.7. The average Bonchev–Trinajstić information content (AvgIpc) is 2.55. The van der Waals surface area contributed by atoms with Gasteiger partial charge in [-0.2, -0.15) is 0 Å². The fourth-order valence-corrected chi connectivity index (χ4v) is 2.59. The molecule has 0 aromatic heterocycles. The number of amides is 1. The number of methoxy groups -OCH3 is 1. The molecule has 0 fully saturated rings. The molecule has 0 bridgehead atoms. The number of hydrogen-bond acceptors (Lipinski definition) is 5. The van der Waals surface area contributed by atoms with E-state index >= 15 is 0 Å². The normalized spacial score (nSPS) is 14.3. The molecule has 0 saturated carbocycles. The molecular formula is C17H23NO5. The summed E-state index contributed by atoms with van der Waals surface area (Å²) in [5.41, 5.74) is -1.01. The van der Waals surface area contributed by atoms with E-state index in [0.29, 0.717) is 5.56 Å². The van der Waals surface area contributed by atoms with Gasteiger partial charge in [0, 0.05) is 6.92 Å². The van der Waals surface area contributed by atoms with E-state index in [1.807, 2.05) is 6.07 Å². The monoisotopic (exact) mass is 321 g/mol. The molecule has 1 amide bonds. The molecule has 1 aromatic carbocycles. The average molecular weight is 321 g/mol. The van der Waals surface area contributed by atoms with Gasteiger partial charge in [0.05, 0.1) is 19.8 Å². The van der Waals surface area contributed by atoms with E-state index in [1.54, 1.807) is 38.1 Å². The van der Waals surface area contributed by atoms with E-state index in [9.17, 15) is 14.4 Å². The molecular weight excluding hydrogens is 298 g/mol. The number of esters is 2. The summed E-state index contributed by atoms with van der Waals surface area (Å²) in [7, 11) is 1.21. The van der Waals surface area contributed by atoms with Gasteiger partial charge in [-0.15, -0.1) is 0 Å². The quantitative estimate of drug-likeness (QED) is 0.613. The largest absolute Gasteiger partial charge is 0.468 e. The third kappa shape index (κ3) is 3.88. The lowest BCUT2D eigenvalue weighted by atomic mass is 9.74. The molecule has 23 heavy (non-hydrogen) atoms. The lowest BCUT2D eigenvalue weighted by molar-refractivity contribution is -0.174. The molecule has 0 aliphatic rings. The molecule has 0 saturated heterocycles. The molecule has 0 radical (unpaired) electrons. The van der Waals surface area contributed by atoms with Crippen molar-refractivity contribution >= 4 is 17.8 Å². The van der Waals surface area contributed by atoms with Gasteiger partial charge in [0.15, 0.2) is 5.41 Å². The second-order valence-electron chi connectivity index (χ2n) is 5.08. The number of ether oxygens (including phenoxy) is 2. The second kappa shape index (κ2) is 8.31. The number of benzene rings is 1. The number of hydrogen-bond donors (Lipinski definition) is 1. The third-order valence-electron chi connectivity index (χ3n) is 3.72. The zero-order valence-corrected chi connectivity index (χ0v) is 13.9. The molecule has 1 N–H and O–H groups in total. The molecule has 6 heteroatoms. The predicted molar refractivity (Wildman–Crippen MR) is 84.4 cm³/mol.